The van der Waals surface area contributed by atoms with E-state index in [9.17, 15) is 19.7 Å². The number of nitro groups is 1. The summed E-state index contributed by atoms with van der Waals surface area (Å²) in [6.07, 6.45) is 1.34. The van der Waals surface area contributed by atoms with Crippen LogP contribution in [0.15, 0.2) is 59.0 Å². The first-order valence-corrected chi connectivity index (χ1v) is 10.9. The third-order valence-corrected chi connectivity index (χ3v) is 6.31. The van der Waals surface area contributed by atoms with Crippen LogP contribution in [0.3, 0.4) is 0 Å². The van der Waals surface area contributed by atoms with Crippen molar-refractivity contribution in [2.24, 2.45) is 0 Å². The lowest BCUT2D eigenvalue weighted by Gasteiger charge is -2.15. The molecule has 168 valence electrons. The van der Waals surface area contributed by atoms with Gasteiger partial charge in [0.05, 0.1) is 28.8 Å². The summed E-state index contributed by atoms with van der Waals surface area (Å²) in [5.74, 6) is 0.0522. The predicted molar refractivity (Wildman–Crippen MR) is 127 cm³/mol. The van der Waals surface area contributed by atoms with Gasteiger partial charge in [0.1, 0.15) is 16.6 Å². The lowest BCUT2D eigenvalue weighted by molar-refractivity contribution is -0.384. The van der Waals surface area contributed by atoms with Gasteiger partial charge in [-0.05, 0) is 42.8 Å². The molecule has 2 aromatic carbocycles. The number of fused-ring (bicyclic) bond motifs is 1. The summed E-state index contributed by atoms with van der Waals surface area (Å²) in [7, 11) is 1.49. The third-order valence-electron chi connectivity index (χ3n) is 5.12. The zero-order valence-electron chi connectivity index (χ0n) is 17.4. The fourth-order valence-electron chi connectivity index (χ4n) is 3.31. The number of halogens is 1. The standard InChI is InChI=1S/C22H17ClN4O5S/c1-12(20(28)25-14-5-8-18(32-2)17(23)9-14)26-11-24-21-19(22(26)29)16(10-33-21)13-3-6-15(7-4-13)27(30)31/h3-12H,1-2H3,(H,25,28). The maximum atomic E-state index is 13.3. The zero-order valence-corrected chi connectivity index (χ0v) is 19.0. The monoisotopic (exact) mass is 484 g/mol. The van der Waals surface area contributed by atoms with E-state index in [1.165, 1.54) is 41.5 Å². The number of hydrogen-bond acceptors (Lipinski definition) is 7. The molecule has 0 radical (unpaired) electrons. The van der Waals surface area contributed by atoms with Gasteiger partial charge in [-0.25, -0.2) is 4.98 Å². The van der Waals surface area contributed by atoms with Crippen molar-refractivity contribution in [3.8, 4) is 16.9 Å². The first-order chi connectivity index (χ1) is 15.8. The first kappa shape index (κ1) is 22.4. The molecule has 11 heteroatoms. The van der Waals surface area contributed by atoms with Gasteiger partial charge in [0.15, 0.2) is 0 Å². The van der Waals surface area contributed by atoms with Gasteiger partial charge in [-0.2, -0.15) is 0 Å². The number of benzene rings is 2. The van der Waals surface area contributed by atoms with E-state index in [2.05, 4.69) is 10.3 Å². The van der Waals surface area contributed by atoms with Crippen LogP contribution < -0.4 is 15.6 Å². The molecule has 1 unspecified atom stereocenters. The molecule has 0 saturated heterocycles. The van der Waals surface area contributed by atoms with Crippen LogP contribution in [0, 0.1) is 10.1 Å². The molecule has 4 aromatic rings. The number of non-ortho nitro benzene ring substituents is 1. The van der Waals surface area contributed by atoms with E-state index in [-0.39, 0.29) is 11.2 Å². The Kier molecular flexibility index (Phi) is 6.12. The zero-order chi connectivity index (χ0) is 23.7. The van der Waals surface area contributed by atoms with Crippen LogP contribution in [0.5, 0.6) is 5.75 Å². The first-order valence-electron chi connectivity index (χ1n) is 9.67. The van der Waals surface area contributed by atoms with Crippen LogP contribution in [0.25, 0.3) is 21.3 Å². The van der Waals surface area contributed by atoms with Crippen LogP contribution in [0.1, 0.15) is 13.0 Å². The van der Waals surface area contributed by atoms with E-state index in [0.29, 0.717) is 37.8 Å². The molecule has 0 fully saturated rings. The molecular weight excluding hydrogens is 468 g/mol. The van der Waals surface area contributed by atoms with Crippen molar-refractivity contribution in [3.63, 3.8) is 0 Å². The van der Waals surface area contributed by atoms with Crippen LogP contribution in [-0.2, 0) is 4.79 Å². The Bertz CT molecular complexity index is 1430. The van der Waals surface area contributed by atoms with Crippen LogP contribution in [0.4, 0.5) is 11.4 Å². The lowest BCUT2D eigenvalue weighted by Crippen LogP contribution is -2.31. The van der Waals surface area contributed by atoms with Crippen molar-refractivity contribution in [2.75, 3.05) is 12.4 Å². The van der Waals surface area contributed by atoms with Gasteiger partial charge in [-0.1, -0.05) is 11.6 Å². The Morgan fingerprint density at radius 2 is 2.00 bits per heavy atom. The second kappa shape index (κ2) is 9.00. The van der Waals surface area contributed by atoms with E-state index in [1.807, 2.05) is 0 Å². The van der Waals surface area contributed by atoms with E-state index < -0.39 is 16.9 Å². The molecule has 0 aliphatic rings. The molecule has 0 aliphatic carbocycles. The van der Waals surface area contributed by atoms with Crippen molar-refractivity contribution in [1.82, 2.24) is 9.55 Å². The summed E-state index contributed by atoms with van der Waals surface area (Å²) in [5.41, 5.74) is 1.28. The van der Waals surface area contributed by atoms with E-state index >= 15 is 0 Å². The number of nitrogens with one attached hydrogen (secondary N) is 1. The highest BCUT2D eigenvalue weighted by atomic mass is 35.5. The molecule has 0 spiro atoms. The summed E-state index contributed by atoms with van der Waals surface area (Å²) in [6, 6.07) is 9.89. The van der Waals surface area contributed by atoms with Gasteiger partial charge in [-0.3, -0.25) is 24.3 Å². The smallest absolute Gasteiger partial charge is 0.269 e. The Hall–Kier alpha value is -3.76. The normalized spacial score (nSPS) is 11.8. The van der Waals surface area contributed by atoms with E-state index in [0.717, 1.165) is 0 Å². The number of hydrogen-bond donors (Lipinski definition) is 1. The summed E-state index contributed by atoms with van der Waals surface area (Å²) in [5, 5.41) is 16.1. The minimum Gasteiger partial charge on any atom is -0.495 e. The number of amides is 1. The molecule has 33 heavy (non-hydrogen) atoms. The number of rotatable bonds is 6. The second-order valence-electron chi connectivity index (χ2n) is 7.11. The highest BCUT2D eigenvalue weighted by Gasteiger charge is 2.21. The number of carbonyl (C=O) groups excluding carboxylic acids is 1. The molecule has 9 nitrogen and oxygen atoms in total. The van der Waals surface area contributed by atoms with Gasteiger partial charge < -0.3 is 10.1 Å². The molecule has 2 heterocycles. The number of ether oxygens (including phenoxy) is 1. The highest BCUT2D eigenvalue weighted by Crippen LogP contribution is 2.32. The third kappa shape index (κ3) is 4.30. The van der Waals surface area contributed by atoms with Gasteiger partial charge in [0, 0.05) is 28.8 Å². The number of anilines is 1. The number of aromatic nitrogens is 2. The maximum absolute atomic E-state index is 13.3. The minimum absolute atomic E-state index is 0.0438. The molecule has 1 N–H and O–H groups in total. The average Bonchev–Trinajstić information content (AvgIpc) is 3.24. The van der Waals surface area contributed by atoms with Crippen molar-refractivity contribution >= 4 is 50.4 Å². The number of thiophene rings is 1. The molecule has 1 atom stereocenters. The van der Waals surface area contributed by atoms with Crippen LogP contribution in [0.2, 0.25) is 5.02 Å². The molecule has 0 bridgehead atoms. The molecule has 4 rings (SSSR count). The van der Waals surface area contributed by atoms with Gasteiger partial charge in [-0.15, -0.1) is 11.3 Å². The number of nitrogens with zero attached hydrogens (tertiary/aromatic N) is 3. The fourth-order valence-corrected chi connectivity index (χ4v) is 4.48. The van der Waals surface area contributed by atoms with E-state index in [1.54, 1.807) is 42.6 Å². The average molecular weight is 485 g/mol. The number of carbonyl (C=O) groups is 1. The van der Waals surface area contributed by atoms with Crippen molar-refractivity contribution in [3.05, 3.63) is 79.7 Å². The minimum atomic E-state index is -0.861. The topological polar surface area (TPSA) is 116 Å². The Morgan fingerprint density at radius 3 is 2.64 bits per heavy atom. The SMILES string of the molecule is COc1ccc(NC(=O)C(C)n2cnc3scc(-c4ccc([N+](=O)[O-])cc4)c3c2=O)cc1Cl. The molecule has 0 aliphatic heterocycles. The fraction of sp³-hybridized carbons (Fsp3) is 0.136. The van der Waals surface area contributed by atoms with Gasteiger partial charge in [0.2, 0.25) is 5.91 Å². The molecule has 0 saturated carbocycles. The largest absolute Gasteiger partial charge is 0.495 e. The Balaban J connectivity index is 1.66. The Labute approximate surface area is 196 Å². The van der Waals surface area contributed by atoms with Crippen LogP contribution >= 0.6 is 22.9 Å². The predicted octanol–water partition coefficient (Wildman–Crippen LogP) is 4.89. The maximum Gasteiger partial charge on any atom is 0.269 e. The lowest BCUT2D eigenvalue weighted by atomic mass is 10.1. The molecule has 1 amide bonds. The second-order valence-corrected chi connectivity index (χ2v) is 8.37. The van der Waals surface area contributed by atoms with Crippen LogP contribution in [-0.4, -0.2) is 27.5 Å². The summed E-state index contributed by atoms with van der Waals surface area (Å²) < 4.78 is 6.36. The summed E-state index contributed by atoms with van der Waals surface area (Å²) >= 11 is 7.40. The molecular formula is C22H17ClN4O5S. The number of methoxy groups -OCH3 is 1. The van der Waals surface area contributed by atoms with Crippen molar-refractivity contribution < 1.29 is 14.5 Å². The van der Waals surface area contributed by atoms with Gasteiger partial charge in [0.25, 0.3) is 11.2 Å². The van der Waals surface area contributed by atoms with E-state index in [4.69, 9.17) is 16.3 Å². The number of nitro benzene ring substituents is 1. The molecule has 2 aromatic heterocycles. The summed E-state index contributed by atoms with van der Waals surface area (Å²) in [6.45, 7) is 1.59. The Morgan fingerprint density at radius 1 is 1.27 bits per heavy atom. The summed E-state index contributed by atoms with van der Waals surface area (Å²) in [4.78, 5) is 41.4. The van der Waals surface area contributed by atoms with Crippen molar-refractivity contribution in [1.29, 1.82) is 0 Å². The van der Waals surface area contributed by atoms with Crippen molar-refractivity contribution in [2.45, 2.75) is 13.0 Å². The highest BCUT2D eigenvalue weighted by molar-refractivity contribution is 7.17. The van der Waals surface area contributed by atoms with Gasteiger partial charge >= 0.3 is 0 Å². The quantitative estimate of drug-likeness (QED) is 0.307.